The van der Waals surface area contributed by atoms with Crippen molar-refractivity contribution in [1.82, 2.24) is 15.5 Å². The van der Waals surface area contributed by atoms with Crippen LogP contribution in [0.2, 0.25) is 0 Å². The normalized spacial score (nSPS) is 18.9. The molecule has 3 rings (SSSR count). The minimum atomic E-state index is -0.565. The second-order valence-electron chi connectivity index (χ2n) is 8.40. The summed E-state index contributed by atoms with van der Waals surface area (Å²) in [5.41, 5.74) is 3.98. The molecule has 1 saturated heterocycles. The van der Waals surface area contributed by atoms with Gasteiger partial charge in [0.1, 0.15) is 0 Å². The van der Waals surface area contributed by atoms with Gasteiger partial charge in [0.25, 0.3) is 0 Å². The molecule has 0 aromatic heterocycles. The molecule has 0 spiro atoms. The molecule has 1 unspecified atom stereocenters. The van der Waals surface area contributed by atoms with Gasteiger partial charge in [0.05, 0.1) is 5.41 Å². The van der Waals surface area contributed by atoms with E-state index in [1.807, 2.05) is 69.3 Å². The summed E-state index contributed by atoms with van der Waals surface area (Å²) < 4.78 is 0. The fourth-order valence-electron chi connectivity index (χ4n) is 3.70. The van der Waals surface area contributed by atoms with Gasteiger partial charge in [0, 0.05) is 26.2 Å². The lowest BCUT2D eigenvalue weighted by molar-refractivity contribution is -0.132. The van der Waals surface area contributed by atoms with E-state index in [0.717, 1.165) is 24.0 Å². The van der Waals surface area contributed by atoms with Gasteiger partial charge in [-0.25, -0.2) is 4.79 Å². The third kappa shape index (κ3) is 5.59. The van der Waals surface area contributed by atoms with Gasteiger partial charge >= 0.3 is 6.03 Å². The summed E-state index contributed by atoms with van der Waals surface area (Å²) in [5.74, 6) is 0.00843. The van der Waals surface area contributed by atoms with Gasteiger partial charge in [-0.15, -0.1) is 0 Å². The monoisotopic (exact) mass is 393 g/mol. The highest BCUT2D eigenvalue weighted by atomic mass is 16.2. The Morgan fingerprint density at radius 1 is 0.897 bits per heavy atom. The van der Waals surface area contributed by atoms with Crippen molar-refractivity contribution in [1.29, 1.82) is 0 Å². The molecule has 2 aromatic carbocycles. The smallest absolute Gasteiger partial charge is 0.317 e. The van der Waals surface area contributed by atoms with Crippen LogP contribution in [-0.4, -0.2) is 29.9 Å². The molecule has 2 aromatic rings. The lowest BCUT2D eigenvalue weighted by atomic mass is 9.81. The van der Waals surface area contributed by atoms with Crippen LogP contribution in [0, 0.1) is 19.3 Å². The summed E-state index contributed by atoms with van der Waals surface area (Å²) in [6.07, 6.45) is 1.61. The molecule has 0 bridgehead atoms. The van der Waals surface area contributed by atoms with E-state index < -0.39 is 5.41 Å². The molecule has 0 saturated carbocycles. The molecule has 5 nitrogen and oxygen atoms in total. The number of piperidine rings is 1. The number of urea groups is 1. The number of nitrogens with one attached hydrogen (secondary N) is 2. The van der Waals surface area contributed by atoms with Gasteiger partial charge < -0.3 is 15.5 Å². The fraction of sp³-hybridized carbons (Fsp3) is 0.417. The van der Waals surface area contributed by atoms with Gasteiger partial charge in [-0.2, -0.15) is 0 Å². The molecule has 1 fully saturated rings. The minimum absolute atomic E-state index is 0.00843. The Labute approximate surface area is 173 Å². The number of hydrogen-bond acceptors (Lipinski definition) is 2. The first-order valence-electron chi connectivity index (χ1n) is 10.3. The van der Waals surface area contributed by atoms with Crippen molar-refractivity contribution >= 4 is 11.9 Å². The molecule has 0 radical (unpaired) electrons. The van der Waals surface area contributed by atoms with Crippen LogP contribution >= 0.6 is 0 Å². The van der Waals surface area contributed by atoms with Crippen LogP contribution in [0.25, 0.3) is 0 Å². The first kappa shape index (κ1) is 20.9. The lowest BCUT2D eigenvalue weighted by Crippen LogP contribution is -2.53. The molecule has 154 valence electrons. The van der Waals surface area contributed by atoms with E-state index in [9.17, 15) is 9.59 Å². The van der Waals surface area contributed by atoms with Crippen molar-refractivity contribution in [2.45, 2.75) is 46.7 Å². The largest absolute Gasteiger partial charge is 0.351 e. The van der Waals surface area contributed by atoms with Crippen LogP contribution in [-0.2, 0) is 17.9 Å². The number of benzene rings is 2. The van der Waals surface area contributed by atoms with Crippen LogP contribution in [0.4, 0.5) is 4.79 Å². The Hall–Kier alpha value is -2.82. The number of likely N-dealkylation sites (tertiary alicyclic amines) is 1. The maximum atomic E-state index is 12.9. The zero-order chi connectivity index (χ0) is 20.9. The predicted octanol–water partition coefficient (Wildman–Crippen LogP) is 3.93. The Balaban J connectivity index is 1.53. The van der Waals surface area contributed by atoms with Crippen LogP contribution < -0.4 is 10.6 Å². The number of amides is 3. The molecule has 1 aliphatic rings. The van der Waals surface area contributed by atoms with Crippen molar-refractivity contribution in [3.63, 3.8) is 0 Å². The lowest BCUT2D eigenvalue weighted by Gasteiger charge is -2.39. The topological polar surface area (TPSA) is 61.4 Å². The summed E-state index contributed by atoms with van der Waals surface area (Å²) in [6, 6.07) is 16.2. The van der Waals surface area contributed by atoms with Gasteiger partial charge in [-0.05, 0) is 44.7 Å². The van der Waals surface area contributed by atoms with Gasteiger partial charge in [-0.1, -0.05) is 59.7 Å². The number of aryl methyl sites for hydroxylation is 2. The molecule has 29 heavy (non-hydrogen) atoms. The quantitative estimate of drug-likeness (QED) is 0.808. The van der Waals surface area contributed by atoms with Crippen molar-refractivity contribution in [2.75, 3.05) is 13.1 Å². The first-order valence-corrected chi connectivity index (χ1v) is 10.3. The van der Waals surface area contributed by atoms with E-state index in [1.54, 1.807) is 4.90 Å². The van der Waals surface area contributed by atoms with Crippen molar-refractivity contribution in [2.24, 2.45) is 5.41 Å². The SMILES string of the molecule is Cc1ccc(CNC(=O)N2CCCC(C)(C(=O)NCc3ccc(C)cc3)C2)cc1. The molecule has 1 atom stereocenters. The fourth-order valence-corrected chi connectivity index (χ4v) is 3.70. The maximum absolute atomic E-state index is 12.9. The highest BCUT2D eigenvalue weighted by molar-refractivity contribution is 5.84. The van der Waals surface area contributed by atoms with Crippen molar-refractivity contribution in [3.05, 3.63) is 70.8 Å². The summed E-state index contributed by atoms with van der Waals surface area (Å²) in [5, 5.41) is 6.04. The van der Waals surface area contributed by atoms with E-state index in [1.165, 1.54) is 11.1 Å². The Morgan fingerprint density at radius 3 is 1.97 bits per heavy atom. The first-order chi connectivity index (χ1) is 13.9. The number of hydrogen-bond donors (Lipinski definition) is 2. The van der Waals surface area contributed by atoms with E-state index in [2.05, 4.69) is 10.6 Å². The summed E-state index contributed by atoms with van der Waals surface area (Å²) >= 11 is 0. The van der Waals surface area contributed by atoms with E-state index in [4.69, 9.17) is 0 Å². The Kier molecular flexibility index (Phi) is 6.57. The molecule has 1 aliphatic heterocycles. The molecule has 1 heterocycles. The van der Waals surface area contributed by atoms with Crippen LogP contribution in [0.1, 0.15) is 42.0 Å². The molecule has 3 amide bonds. The van der Waals surface area contributed by atoms with Crippen LogP contribution in [0.15, 0.2) is 48.5 Å². The van der Waals surface area contributed by atoms with E-state index >= 15 is 0 Å². The van der Waals surface area contributed by atoms with Crippen LogP contribution in [0.5, 0.6) is 0 Å². The second kappa shape index (κ2) is 9.12. The molecular weight excluding hydrogens is 362 g/mol. The minimum Gasteiger partial charge on any atom is -0.351 e. The van der Waals surface area contributed by atoms with Crippen LogP contribution in [0.3, 0.4) is 0 Å². The number of rotatable bonds is 5. The second-order valence-corrected chi connectivity index (χ2v) is 8.40. The summed E-state index contributed by atoms with van der Waals surface area (Å²) in [6.45, 7) is 8.16. The average Bonchev–Trinajstić information content (AvgIpc) is 2.72. The molecular formula is C24H31N3O2. The van der Waals surface area contributed by atoms with E-state index in [0.29, 0.717) is 26.2 Å². The van der Waals surface area contributed by atoms with E-state index in [-0.39, 0.29) is 11.9 Å². The predicted molar refractivity (Wildman–Crippen MR) is 115 cm³/mol. The summed E-state index contributed by atoms with van der Waals surface area (Å²) in [4.78, 5) is 27.3. The molecule has 2 N–H and O–H groups in total. The third-order valence-corrected chi connectivity index (χ3v) is 5.67. The zero-order valence-corrected chi connectivity index (χ0v) is 17.6. The summed E-state index contributed by atoms with van der Waals surface area (Å²) in [7, 11) is 0. The molecule has 0 aliphatic carbocycles. The van der Waals surface area contributed by atoms with Gasteiger partial charge in [0.15, 0.2) is 0 Å². The highest BCUT2D eigenvalue weighted by Crippen LogP contribution is 2.30. The molecule has 5 heteroatoms. The Morgan fingerprint density at radius 2 is 1.41 bits per heavy atom. The average molecular weight is 394 g/mol. The maximum Gasteiger partial charge on any atom is 0.317 e. The van der Waals surface area contributed by atoms with Gasteiger partial charge in [0.2, 0.25) is 5.91 Å². The number of nitrogens with zero attached hydrogens (tertiary/aromatic N) is 1. The van der Waals surface area contributed by atoms with Crippen molar-refractivity contribution < 1.29 is 9.59 Å². The highest BCUT2D eigenvalue weighted by Gasteiger charge is 2.39. The number of carbonyl (C=O) groups is 2. The Bertz CT molecular complexity index is 845. The zero-order valence-electron chi connectivity index (χ0n) is 17.6. The van der Waals surface area contributed by atoms with Gasteiger partial charge in [-0.3, -0.25) is 4.79 Å². The van der Waals surface area contributed by atoms with Crippen molar-refractivity contribution in [3.8, 4) is 0 Å². The standard InChI is InChI=1S/C24H31N3O2/c1-18-5-9-20(10-6-18)15-25-22(28)24(3)13-4-14-27(17-24)23(29)26-16-21-11-7-19(2)8-12-21/h5-12H,4,13-17H2,1-3H3,(H,25,28)(H,26,29). The number of carbonyl (C=O) groups excluding carboxylic acids is 2. The third-order valence-electron chi connectivity index (χ3n) is 5.67.